The fourth-order valence-corrected chi connectivity index (χ4v) is 3.59. The fraction of sp³-hybridized carbons (Fsp3) is 0.176. The molecule has 1 heterocycles. The minimum Gasteiger partial charge on any atom is -0.490 e. The number of aromatic nitrogens is 1. The molecule has 2 aromatic carbocycles. The molecule has 3 rings (SSSR count). The van der Waals surface area contributed by atoms with Crippen molar-refractivity contribution in [3.63, 3.8) is 0 Å². The lowest BCUT2D eigenvalue weighted by atomic mass is 10.2. The van der Waals surface area contributed by atoms with Gasteiger partial charge in [-0.1, -0.05) is 12.1 Å². The zero-order valence-electron chi connectivity index (χ0n) is 12.4. The van der Waals surface area contributed by atoms with Gasteiger partial charge in [-0.25, -0.2) is 4.98 Å². The molecule has 0 saturated heterocycles. The molecule has 0 bridgehead atoms. The van der Waals surface area contributed by atoms with Crippen molar-refractivity contribution >= 4 is 37.5 Å². The monoisotopic (exact) mass is 388 g/mol. The van der Waals surface area contributed by atoms with Gasteiger partial charge in [0.25, 0.3) is 0 Å². The Balaban J connectivity index is 1.85. The third kappa shape index (κ3) is 3.46. The Morgan fingerprint density at radius 3 is 2.83 bits per heavy atom. The lowest BCUT2D eigenvalue weighted by Crippen LogP contribution is -2.00. The van der Waals surface area contributed by atoms with Crippen LogP contribution in [0.15, 0.2) is 40.9 Å². The largest absolute Gasteiger partial charge is 0.490 e. The van der Waals surface area contributed by atoms with Crippen LogP contribution in [-0.2, 0) is 6.61 Å². The molecule has 0 aliphatic carbocycles. The van der Waals surface area contributed by atoms with Crippen LogP contribution in [0.1, 0.15) is 17.5 Å². The fourth-order valence-electron chi connectivity index (χ4n) is 2.15. The second kappa shape index (κ2) is 6.99. The van der Waals surface area contributed by atoms with E-state index in [4.69, 9.17) is 14.7 Å². The van der Waals surface area contributed by atoms with Gasteiger partial charge in [0, 0.05) is 6.07 Å². The van der Waals surface area contributed by atoms with Gasteiger partial charge in [-0.05, 0) is 41.1 Å². The van der Waals surface area contributed by atoms with Crippen molar-refractivity contribution in [3.8, 4) is 17.6 Å². The molecule has 116 valence electrons. The number of para-hydroxylation sites is 1. The number of nitrogens with zero attached hydrogens (tertiary/aromatic N) is 2. The second-order valence-corrected chi connectivity index (χ2v) is 6.66. The number of halogens is 1. The van der Waals surface area contributed by atoms with Crippen molar-refractivity contribution in [1.29, 1.82) is 5.26 Å². The third-order valence-corrected chi connectivity index (χ3v) is 4.72. The van der Waals surface area contributed by atoms with E-state index in [-0.39, 0.29) is 0 Å². The number of benzene rings is 2. The summed E-state index contributed by atoms with van der Waals surface area (Å²) in [5.41, 5.74) is 1.49. The summed E-state index contributed by atoms with van der Waals surface area (Å²) < 4.78 is 13.3. The van der Waals surface area contributed by atoms with Crippen LogP contribution >= 0.6 is 27.3 Å². The molecule has 6 heteroatoms. The van der Waals surface area contributed by atoms with E-state index >= 15 is 0 Å². The highest BCUT2D eigenvalue weighted by Gasteiger charge is 2.13. The molecule has 23 heavy (non-hydrogen) atoms. The summed E-state index contributed by atoms with van der Waals surface area (Å²) in [4.78, 5) is 4.55. The Morgan fingerprint density at radius 2 is 2.09 bits per heavy atom. The number of fused-ring (bicyclic) bond motifs is 1. The van der Waals surface area contributed by atoms with E-state index in [1.54, 1.807) is 23.5 Å². The van der Waals surface area contributed by atoms with Gasteiger partial charge in [-0.3, -0.25) is 0 Å². The van der Waals surface area contributed by atoms with Crippen molar-refractivity contribution in [2.24, 2.45) is 0 Å². The van der Waals surface area contributed by atoms with Gasteiger partial charge in [0.2, 0.25) is 0 Å². The average Bonchev–Trinajstić information content (AvgIpc) is 2.97. The topological polar surface area (TPSA) is 55.1 Å². The van der Waals surface area contributed by atoms with Crippen LogP contribution in [0, 0.1) is 11.3 Å². The zero-order chi connectivity index (χ0) is 16.2. The van der Waals surface area contributed by atoms with Gasteiger partial charge in [0.1, 0.15) is 11.6 Å². The molecule has 0 unspecified atom stereocenters. The van der Waals surface area contributed by atoms with Gasteiger partial charge in [0.05, 0.1) is 32.9 Å². The predicted molar refractivity (Wildman–Crippen MR) is 94.0 cm³/mol. The van der Waals surface area contributed by atoms with Crippen LogP contribution in [0.25, 0.3) is 10.2 Å². The molecular weight excluding hydrogens is 376 g/mol. The molecule has 0 fully saturated rings. The minimum absolute atomic E-state index is 0.351. The van der Waals surface area contributed by atoms with Crippen molar-refractivity contribution in [1.82, 2.24) is 4.98 Å². The first kappa shape index (κ1) is 15.8. The molecule has 0 aliphatic rings. The molecule has 1 aromatic heterocycles. The normalized spacial score (nSPS) is 10.5. The van der Waals surface area contributed by atoms with E-state index in [0.29, 0.717) is 34.7 Å². The first-order valence-electron chi connectivity index (χ1n) is 7.05. The van der Waals surface area contributed by atoms with Crippen LogP contribution in [0.2, 0.25) is 0 Å². The second-order valence-electron chi connectivity index (χ2n) is 4.69. The molecule has 0 aliphatic heterocycles. The van der Waals surface area contributed by atoms with E-state index in [0.717, 1.165) is 15.2 Å². The van der Waals surface area contributed by atoms with E-state index in [1.165, 1.54) is 0 Å². The van der Waals surface area contributed by atoms with Gasteiger partial charge in [0.15, 0.2) is 11.5 Å². The van der Waals surface area contributed by atoms with Crippen molar-refractivity contribution < 1.29 is 9.47 Å². The van der Waals surface area contributed by atoms with Crippen LogP contribution in [0.3, 0.4) is 0 Å². The summed E-state index contributed by atoms with van der Waals surface area (Å²) in [6, 6.07) is 13.5. The number of nitriles is 1. The molecular formula is C17H13BrN2O2S. The number of hydrogen-bond acceptors (Lipinski definition) is 5. The highest BCUT2D eigenvalue weighted by molar-refractivity contribution is 9.10. The Kier molecular flexibility index (Phi) is 4.79. The van der Waals surface area contributed by atoms with Crippen molar-refractivity contribution in [2.75, 3.05) is 6.61 Å². The third-order valence-electron chi connectivity index (χ3n) is 3.12. The lowest BCUT2D eigenvalue weighted by molar-refractivity contribution is 0.267. The molecule has 0 saturated carbocycles. The zero-order valence-corrected chi connectivity index (χ0v) is 14.8. The van der Waals surface area contributed by atoms with E-state index < -0.39 is 0 Å². The summed E-state index contributed by atoms with van der Waals surface area (Å²) in [7, 11) is 0. The Labute approximate surface area is 146 Å². The maximum atomic E-state index is 9.06. The highest BCUT2D eigenvalue weighted by Crippen LogP contribution is 2.37. The number of hydrogen-bond donors (Lipinski definition) is 0. The molecule has 0 atom stereocenters. The lowest BCUT2D eigenvalue weighted by Gasteiger charge is -2.13. The molecule has 3 aromatic rings. The summed E-state index contributed by atoms with van der Waals surface area (Å²) >= 11 is 5.05. The van der Waals surface area contributed by atoms with Crippen molar-refractivity contribution in [3.05, 3.63) is 51.4 Å². The first-order chi connectivity index (χ1) is 11.2. The standard InChI is InChI=1S/C17H13BrN2O2S/c1-2-21-14-8-11(9-19)7-12(18)17(14)22-10-16-20-13-5-3-4-6-15(13)23-16/h3-8H,2,10H2,1H3. The van der Waals surface area contributed by atoms with Gasteiger partial charge in [-0.2, -0.15) is 5.26 Å². The SMILES string of the molecule is CCOc1cc(C#N)cc(Br)c1OCc1nc2ccccc2s1. The van der Waals surface area contributed by atoms with Gasteiger partial charge < -0.3 is 9.47 Å². The summed E-state index contributed by atoms with van der Waals surface area (Å²) in [5.74, 6) is 1.14. The smallest absolute Gasteiger partial charge is 0.176 e. The summed E-state index contributed by atoms with van der Waals surface area (Å²) in [5, 5.41) is 9.95. The Bertz CT molecular complexity index is 853. The quantitative estimate of drug-likeness (QED) is 0.622. The molecule has 0 amide bonds. The Morgan fingerprint density at radius 1 is 1.26 bits per heavy atom. The van der Waals surface area contributed by atoms with E-state index in [2.05, 4.69) is 27.0 Å². The summed E-state index contributed by atoms with van der Waals surface area (Å²) in [6.07, 6.45) is 0. The minimum atomic E-state index is 0.351. The number of thiazole rings is 1. The average molecular weight is 389 g/mol. The number of rotatable bonds is 5. The van der Waals surface area contributed by atoms with Crippen LogP contribution < -0.4 is 9.47 Å². The van der Waals surface area contributed by atoms with Crippen molar-refractivity contribution in [2.45, 2.75) is 13.5 Å². The van der Waals surface area contributed by atoms with Crippen LogP contribution in [0.4, 0.5) is 0 Å². The molecule has 4 nitrogen and oxygen atoms in total. The highest BCUT2D eigenvalue weighted by atomic mass is 79.9. The summed E-state index contributed by atoms with van der Waals surface area (Å²) in [6.45, 7) is 2.74. The van der Waals surface area contributed by atoms with E-state index in [1.807, 2.05) is 31.2 Å². The maximum Gasteiger partial charge on any atom is 0.176 e. The van der Waals surface area contributed by atoms with Gasteiger partial charge in [-0.15, -0.1) is 11.3 Å². The van der Waals surface area contributed by atoms with Gasteiger partial charge >= 0.3 is 0 Å². The molecule has 0 spiro atoms. The molecule has 0 N–H and O–H groups in total. The van der Waals surface area contributed by atoms with E-state index in [9.17, 15) is 0 Å². The van der Waals surface area contributed by atoms with Crippen LogP contribution in [-0.4, -0.2) is 11.6 Å². The number of ether oxygens (including phenoxy) is 2. The molecule has 0 radical (unpaired) electrons. The maximum absolute atomic E-state index is 9.06. The Hall–Kier alpha value is -2.10. The van der Waals surface area contributed by atoms with Crippen LogP contribution in [0.5, 0.6) is 11.5 Å². The predicted octanol–water partition coefficient (Wildman–Crippen LogP) is 4.91. The first-order valence-corrected chi connectivity index (χ1v) is 8.66.